The van der Waals surface area contributed by atoms with Gasteiger partial charge in [0.05, 0.1) is 0 Å². The van der Waals surface area contributed by atoms with E-state index in [1.807, 2.05) is 6.08 Å². The van der Waals surface area contributed by atoms with E-state index in [2.05, 4.69) is 21.8 Å². The number of H-pyrrole nitrogens is 1. The Labute approximate surface area is 137 Å². The maximum absolute atomic E-state index is 9.52. The molecule has 1 heterocycles. The van der Waals surface area contributed by atoms with E-state index in [-0.39, 0.29) is 11.5 Å². The van der Waals surface area contributed by atoms with E-state index in [0.717, 1.165) is 25.1 Å². The third-order valence-corrected chi connectivity index (χ3v) is 3.84. The number of nitrogens with zero attached hydrogens (tertiary/aromatic N) is 2. The van der Waals surface area contributed by atoms with Gasteiger partial charge in [0.15, 0.2) is 17.3 Å². The van der Waals surface area contributed by atoms with Crippen LogP contribution in [0.2, 0.25) is 0 Å². The molecule has 0 aliphatic carbocycles. The number of hydrogen-bond acceptors (Lipinski definition) is 4. The average molecular weight is 315 g/mol. The highest BCUT2D eigenvalue weighted by atomic mass is 16.3. The summed E-state index contributed by atoms with van der Waals surface area (Å²) in [4.78, 5) is 4.44. The smallest absolute Gasteiger partial charge is 0.181 e. The number of allylic oxidation sites excluding steroid dienone is 1. The number of nitrogens with one attached hydrogen (secondary N) is 1. The van der Waals surface area contributed by atoms with Gasteiger partial charge in [-0.15, -0.1) is 6.58 Å². The van der Waals surface area contributed by atoms with Crippen molar-refractivity contribution in [1.82, 2.24) is 15.2 Å². The van der Waals surface area contributed by atoms with E-state index < -0.39 is 0 Å². The minimum absolute atomic E-state index is 0.141. The second kappa shape index (κ2) is 8.98. The molecule has 5 heteroatoms. The molecule has 1 aromatic heterocycles. The van der Waals surface area contributed by atoms with Gasteiger partial charge < -0.3 is 10.2 Å². The largest absolute Gasteiger partial charge is 0.504 e. The molecular formula is C18H25N3O2. The lowest BCUT2D eigenvalue weighted by Crippen LogP contribution is -1.89. The number of benzene rings is 1. The maximum Gasteiger partial charge on any atom is 0.181 e. The number of aromatic amines is 1. The molecule has 0 fully saturated rings. The van der Waals surface area contributed by atoms with Crippen LogP contribution in [0.15, 0.2) is 30.9 Å². The maximum atomic E-state index is 9.52. The lowest BCUT2D eigenvalue weighted by atomic mass is 10.1. The third-order valence-electron chi connectivity index (χ3n) is 3.84. The number of rotatable bonds is 10. The van der Waals surface area contributed by atoms with Crippen LogP contribution in [0.5, 0.6) is 11.5 Å². The summed E-state index contributed by atoms with van der Waals surface area (Å²) in [6.07, 6.45) is 11.3. The highest BCUT2D eigenvalue weighted by molar-refractivity contribution is 5.60. The zero-order valence-corrected chi connectivity index (χ0v) is 13.5. The van der Waals surface area contributed by atoms with Gasteiger partial charge in [0.2, 0.25) is 0 Å². The van der Waals surface area contributed by atoms with Crippen molar-refractivity contribution >= 4 is 0 Å². The van der Waals surface area contributed by atoms with Crippen molar-refractivity contribution < 1.29 is 10.2 Å². The quantitative estimate of drug-likeness (QED) is 0.346. The van der Waals surface area contributed by atoms with Crippen LogP contribution in [0.4, 0.5) is 0 Å². The van der Waals surface area contributed by atoms with Crippen molar-refractivity contribution in [3.8, 4) is 22.9 Å². The molecule has 0 aliphatic rings. The molecule has 0 saturated heterocycles. The van der Waals surface area contributed by atoms with E-state index in [1.54, 1.807) is 6.07 Å². The first kappa shape index (κ1) is 17.1. The van der Waals surface area contributed by atoms with Gasteiger partial charge in [0.1, 0.15) is 5.82 Å². The second-order valence-corrected chi connectivity index (χ2v) is 5.76. The summed E-state index contributed by atoms with van der Waals surface area (Å²) in [7, 11) is 0. The minimum Gasteiger partial charge on any atom is -0.504 e. The lowest BCUT2D eigenvalue weighted by Gasteiger charge is -2.00. The lowest BCUT2D eigenvalue weighted by molar-refractivity contribution is 0.404. The molecule has 0 spiro atoms. The van der Waals surface area contributed by atoms with Gasteiger partial charge in [0, 0.05) is 12.0 Å². The number of phenolic OH excluding ortho intramolecular Hbond substituents is 2. The van der Waals surface area contributed by atoms with Crippen molar-refractivity contribution in [3.05, 3.63) is 36.7 Å². The van der Waals surface area contributed by atoms with Gasteiger partial charge in [-0.25, -0.2) is 4.98 Å². The fourth-order valence-corrected chi connectivity index (χ4v) is 2.49. The normalized spacial score (nSPS) is 10.8. The first-order chi connectivity index (χ1) is 11.2. The topological polar surface area (TPSA) is 82.0 Å². The van der Waals surface area contributed by atoms with Gasteiger partial charge >= 0.3 is 0 Å². The molecule has 1 aromatic carbocycles. The van der Waals surface area contributed by atoms with Crippen LogP contribution in [-0.4, -0.2) is 25.4 Å². The molecule has 2 aromatic rings. The van der Waals surface area contributed by atoms with E-state index >= 15 is 0 Å². The molecule has 5 nitrogen and oxygen atoms in total. The molecule has 0 unspecified atom stereocenters. The van der Waals surface area contributed by atoms with Gasteiger partial charge in [-0.05, 0) is 37.5 Å². The summed E-state index contributed by atoms with van der Waals surface area (Å²) in [6, 6.07) is 4.59. The summed E-state index contributed by atoms with van der Waals surface area (Å²) >= 11 is 0. The zero-order valence-electron chi connectivity index (χ0n) is 13.5. The van der Waals surface area contributed by atoms with Crippen LogP contribution in [0.3, 0.4) is 0 Å². The molecule has 0 saturated carbocycles. The number of aryl methyl sites for hydroxylation is 1. The van der Waals surface area contributed by atoms with Crippen LogP contribution in [0, 0.1) is 0 Å². The highest BCUT2D eigenvalue weighted by Crippen LogP contribution is 2.28. The Morgan fingerprint density at radius 2 is 1.74 bits per heavy atom. The summed E-state index contributed by atoms with van der Waals surface area (Å²) in [5.74, 6) is 1.10. The third kappa shape index (κ3) is 5.43. The van der Waals surface area contributed by atoms with Crippen molar-refractivity contribution in [2.24, 2.45) is 0 Å². The molecule has 2 rings (SSSR count). The van der Waals surface area contributed by atoms with Gasteiger partial charge in [-0.3, -0.25) is 5.10 Å². The summed E-state index contributed by atoms with van der Waals surface area (Å²) in [6.45, 7) is 3.73. The molecule has 23 heavy (non-hydrogen) atoms. The van der Waals surface area contributed by atoms with Crippen molar-refractivity contribution in [2.45, 2.75) is 51.4 Å². The zero-order chi connectivity index (χ0) is 16.5. The number of hydrogen-bond donors (Lipinski definition) is 3. The molecule has 0 bridgehead atoms. The minimum atomic E-state index is -0.162. The SMILES string of the molecule is C=CCCCCCCCCc1nc(-c2ccc(O)c(O)c2)n[nH]1. The Kier molecular flexibility index (Phi) is 6.66. The molecule has 0 atom stereocenters. The Morgan fingerprint density at radius 3 is 2.48 bits per heavy atom. The fourth-order valence-electron chi connectivity index (χ4n) is 2.49. The Balaban J connectivity index is 1.72. The molecule has 0 amide bonds. The van der Waals surface area contributed by atoms with Crippen molar-refractivity contribution in [3.63, 3.8) is 0 Å². The Bertz CT molecular complexity index is 622. The number of unbranched alkanes of at least 4 members (excludes halogenated alkanes) is 6. The first-order valence-corrected chi connectivity index (χ1v) is 8.25. The highest BCUT2D eigenvalue weighted by Gasteiger charge is 2.08. The molecule has 0 radical (unpaired) electrons. The van der Waals surface area contributed by atoms with Crippen molar-refractivity contribution in [2.75, 3.05) is 0 Å². The fraction of sp³-hybridized carbons (Fsp3) is 0.444. The first-order valence-electron chi connectivity index (χ1n) is 8.25. The van der Waals surface area contributed by atoms with E-state index in [0.29, 0.717) is 11.4 Å². The average Bonchev–Trinajstić information content (AvgIpc) is 3.01. The van der Waals surface area contributed by atoms with Crippen molar-refractivity contribution in [1.29, 1.82) is 0 Å². The molecular weight excluding hydrogens is 290 g/mol. The molecule has 0 aliphatic heterocycles. The predicted molar refractivity (Wildman–Crippen MR) is 91.4 cm³/mol. The van der Waals surface area contributed by atoms with Gasteiger partial charge in [-0.2, -0.15) is 5.10 Å². The van der Waals surface area contributed by atoms with Crippen LogP contribution in [0.1, 0.15) is 50.8 Å². The predicted octanol–water partition coefficient (Wildman–Crippen LogP) is 4.34. The second-order valence-electron chi connectivity index (χ2n) is 5.76. The van der Waals surface area contributed by atoms with Crippen LogP contribution in [0.25, 0.3) is 11.4 Å². The van der Waals surface area contributed by atoms with E-state index in [1.165, 1.54) is 44.2 Å². The van der Waals surface area contributed by atoms with Gasteiger partial charge in [0.25, 0.3) is 0 Å². The molecule has 124 valence electrons. The van der Waals surface area contributed by atoms with Crippen LogP contribution >= 0.6 is 0 Å². The summed E-state index contributed by atoms with van der Waals surface area (Å²) < 4.78 is 0. The van der Waals surface area contributed by atoms with Gasteiger partial charge in [-0.1, -0.05) is 31.8 Å². The van der Waals surface area contributed by atoms with E-state index in [4.69, 9.17) is 0 Å². The Hall–Kier alpha value is -2.30. The standard InChI is InChI=1S/C18H25N3O2/c1-2-3-4-5-6-7-8-9-10-17-19-18(21-20-17)14-11-12-15(22)16(23)13-14/h2,11-13,22-23H,1,3-10H2,(H,19,20,21). The summed E-state index contributed by atoms with van der Waals surface area (Å²) in [5.41, 5.74) is 0.685. The Morgan fingerprint density at radius 1 is 1.00 bits per heavy atom. The number of phenols is 2. The monoisotopic (exact) mass is 315 g/mol. The number of aromatic nitrogens is 3. The number of aromatic hydroxyl groups is 2. The van der Waals surface area contributed by atoms with E-state index in [9.17, 15) is 10.2 Å². The van der Waals surface area contributed by atoms with Crippen LogP contribution < -0.4 is 0 Å². The summed E-state index contributed by atoms with van der Waals surface area (Å²) in [5, 5.41) is 26.0. The molecule has 3 N–H and O–H groups in total. The van der Waals surface area contributed by atoms with Crippen LogP contribution in [-0.2, 0) is 6.42 Å².